The van der Waals surface area contributed by atoms with Crippen molar-refractivity contribution >= 4 is 23.5 Å². The highest BCUT2D eigenvalue weighted by Gasteiger charge is 2.00. The predicted octanol–water partition coefficient (Wildman–Crippen LogP) is 2.35. The SMILES string of the molecule is CCCCCCl.O=C(O)CCC(=O)O. The number of alkyl halides is 1. The van der Waals surface area contributed by atoms with Crippen molar-refractivity contribution in [3.8, 4) is 0 Å². The fraction of sp³-hybridized carbons (Fsp3) is 0.778. The van der Waals surface area contributed by atoms with E-state index >= 15 is 0 Å². The number of rotatable bonds is 6. The number of hydrogen-bond acceptors (Lipinski definition) is 2. The van der Waals surface area contributed by atoms with Gasteiger partial charge in [-0.2, -0.15) is 0 Å². The summed E-state index contributed by atoms with van der Waals surface area (Å²) in [7, 11) is 0. The maximum absolute atomic E-state index is 9.64. The molecule has 2 N–H and O–H groups in total. The topological polar surface area (TPSA) is 74.6 Å². The Bertz CT molecular complexity index is 141. The third kappa shape index (κ3) is 22.5. The van der Waals surface area contributed by atoms with Gasteiger partial charge in [0.05, 0.1) is 12.8 Å². The van der Waals surface area contributed by atoms with Crippen LogP contribution in [0.1, 0.15) is 39.0 Å². The minimum atomic E-state index is -1.08. The third-order valence-electron chi connectivity index (χ3n) is 1.29. The van der Waals surface area contributed by atoms with Crippen molar-refractivity contribution in [1.82, 2.24) is 0 Å². The van der Waals surface area contributed by atoms with E-state index in [-0.39, 0.29) is 12.8 Å². The van der Waals surface area contributed by atoms with Gasteiger partial charge in [-0.15, -0.1) is 11.6 Å². The van der Waals surface area contributed by atoms with Crippen LogP contribution in [0.5, 0.6) is 0 Å². The molecule has 5 heteroatoms. The lowest BCUT2D eigenvalue weighted by atomic mass is 10.3. The lowest BCUT2D eigenvalue weighted by molar-refractivity contribution is -0.143. The van der Waals surface area contributed by atoms with Crippen molar-refractivity contribution < 1.29 is 19.8 Å². The minimum absolute atomic E-state index is 0.296. The molecule has 0 amide bonds. The van der Waals surface area contributed by atoms with E-state index in [4.69, 9.17) is 21.8 Å². The third-order valence-corrected chi connectivity index (χ3v) is 1.56. The van der Waals surface area contributed by atoms with E-state index in [1.807, 2.05) is 0 Å². The molecule has 0 unspecified atom stereocenters. The summed E-state index contributed by atoms with van der Waals surface area (Å²) in [5.41, 5.74) is 0. The zero-order chi connectivity index (χ0) is 11.4. The first-order chi connectivity index (χ1) is 6.54. The minimum Gasteiger partial charge on any atom is -0.481 e. The zero-order valence-corrected chi connectivity index (χ0v) is 9.09. The Hall–Kier alpha value is -0.770. The van der Waals surface area contributed by atoms with Crippen molar-refractivity contribution in [1.29, 1.82) is 0 Å². The number of hydrogen-bond donors (Lipinski definition) is 2. The first-order valence-corrected chi connectivity index (χ1v) is 5.07. The molecule has 14 heavy (non-hydrogen) atoms. The highest BCUT2D eigenvalue weighted by Crippen LogP contribution is 1.93. The highest BCUT2D eigenvalue weighted by molar-refractivity contribution is 6.17. The van der Waals surface area contributed by atoms with E-state index in [0.29, 0.717) is 0 Å². The number of halogens is 1. The molecule has 0 atom stereocenters. The van der Waals surface area contributed by atoms with Crippen molar-refractivity contribution in [2.75, 3.05) is 5.88 Å². The van der Waals surface area contributed by atoms with E-state index in [1.165, 1.54) is 19.3 Å². The Morgan fingerprint density at radius 3 is 1.64 bits per heavy atom. The maximum Gasteiger partial charge on any atom is 0.303 e. The predicted molar refractivity (Wildman–Crippen MR) is 54.8 cm³/mol. The number of carboxylic acid groups (broad SMARTS) is 2. The molecule has 0 aliphatic carbocycles. The Morgan fingerprint density at radius 1 is 1.07 bits per heavy atom. The molecule has 0 heterocycles. The molecule has 0 aliphatic heterocycles. The molecule has 0 aromatic rings. The molecule has 0 bridgehead atoms. The Kier molecular flexibility index (Phi) is 13.7. The van der Waals surface area contributed by atoms with Crippen LogP contribution >= 0.6 is 11.6 Å². The molecule has 0 fully saturated rings. The van der Waals surface area contributed by atoms with Crippen LogP contribution in [0.15, 0.2) is 0 Å². The van der Waals surface area contributed by atoms with Crippen molar-refractivity contribution in [3.63, 3.8) is 0 Å². The van der Waals surface area contributed by atoms with Crippen molar-refractivity contribution in [2.24, 2.45) is 0 Å². The molecule has 0 rings (SSSR count). The molecule has 0 spiro atoms. The van der Waals surface area contributed by atoms with Crippen LogP contribution < -0.4 is 0 Å². The largest absolute Gasteiger partial charge is 0.481 e. The normalized spacial score (nSPS) is 8.71. The average Bonchev–Trinajstić information content (AvgIpc) is 2.12. The summed E-state index contributed by atoms with van der Waals surface area (Å²) >= 11 is 5.38. The summed E-state index contributed by atoms with van der Waals surface area (Å²) < 4.78 is 0. The summed E-state index contributed by atoms with van der Waals surface area (Å²) in [6.45, 7) is 2.17. The number of carbonyl (C=O) groups is 2. The molecule has 4 nitrogen and oxygen atoms in total. The molecule has 0 aromatic carbocycles. The zero-order valence-electron chi connectivity index (χ0n) is 8.33. The van der Waals surface area contributed by atoms with E-state index in [0.717, 1.165) is 5.88 Å². The van der Waals surface area contributed by atoms with Gasteiger partial charge >= 0.3 is 11.9 Å². The van der Waals surface area contributed by atoms with Gasteiger partial charge in [-0.3, -0.25) is 9.59 Å². The van der Waals surface area contributed by atoms with Crippen LogP contribution in [0.2, 0.25) is 0 Å². The van der Waals surface area contributed by atoms with Gasteiger partial charge in [-0.05, 0) is 6.42 Å². The van der Waals surface area contributed by atoms with E-state index in [9.17, 15) is 9.59 Å². The summed E-state index contributed by atoms with van der Waals surface area (Å²) in [6.07, 6.45) is 3.14. The number of unbranched alkanes of at least 4 members (excludes halogenated alkanes) is 2. The van der Waals surface area contributed by atoms with E-state index in [1.54, 1.807) is 0 Å². The van der Waals surface area contributed by atoms with Gasteiger partial charge in [0.1, 0.15) is 0 Å². The quantitative estimate of drug-likeness (QED) is 0.537. The van der Waals surface area contributed by atoms with Gasteiger partial charge in [-0.25, -0.2) is 0 Å². The molecule has 84 valence electrons. The van der Waals surface area contributed by atoms with Crippen LogP contribution in [0.4, 0.5) is 0 Å². The molecular formula is C9H17ClO4. The van der Waals surface area contributed by atoms with Crippen LogP contribution in [0, 0.1) is 0 Å². The Morgan fingerprint density at radius 2 is 1.50 bits per heavy atom. The molecule has 0 radical (unpaired) electrons. The van der Waals surface area contributed by atoms with Crippen LogP contribution in [0.25, 0.3) is 0 Å². The van der Waals surface area contributed by atoms with Gasteiger partial charge in [0.2, 0.25) is 0 Å². The van der Waals surface area contributed by atoms with Gasteiger partial charge in [-0.1, -0.05) is 19.8 Å². The monoisotopic (exact) mass is 224 g/mol. The molecule has 0 aromatic heterocycles. The summed E-state index contributed by atoms with van der Waals surface area (Å²) in [5.74, 6) is -1.33. The first-order valence-electron chi connectivity index (χ1n) is 4.54. The van der Waals surface area contributed by atoms with Gasteiger partial charge in [0, 0.05) is 5.88 Å². The summed E-state index contributed by atoms with van der Waals surface area (Å²) in [4.78, 5) is 19.3. The fourth-order valence-corrected chi connectivity index (χ4v) is 0.747. The Balaban J connectivity index is 0. The Labute approximate surface area is 88.9 Å². The molecule has 0 aliphatic rings. The van der Waals surface area contributed by atoms with Crippen molar-refractivity contribution in [3.05, 3.63) is 0 Å². The second kappa shape index (κ2) is 12.2. The molecule has 0 saturated heterocycles. The summed E-state index contributed by atoms with van der Waals surface area (Å²) in [6, 6.07) is 0. The standard InChI is InChI=1S/C5H11Cl.C4H6O4/c1-2-3-4-5-6;5-3(6)1-2-4(7)8/h2-5H2,1H3;1-2H2,(H,5,6)(H,7,8). The van der Waals surface area contributed by atoms with Crippen LogP contribution in [-0.4, -0.2) is 28.0 Å². The molecule has 0 saturated carbocycles. The fourth-order valence-electron chi connectivity index (χ4n) is 0.558. The van der Waals surface area contributed by atoms with Gasteiger partial charge in [0.15, 0.2) is 0 Å². The van der Waals surface area contributed by atoms with Crippen LogP contribution in [-0.2, 0) is 9.59 Å². The maximum atomic E-state index is 9.64. The molecular weight excluding hydrogens is 208 g/mol. The van der Waals surface area contributed by atoms with Gasteiger partial charge in [0.25, 0.3) is 0 Å². The number of aliphatic carboxylic acids is 2. The smallest absolute Gasteiger partial charge is 0.303 e. The van der Waals surface area contributed by atoms with E-state index < -0.39 is 11.9 Å². The van der Waals surface area contributed by atoms with Crippen molar-refractivity contribution in [2.45, 2.75) is 39.0 Å². The second-order valence-corrected chi connectivity index (χ2v) is 3.06. The van der Waals surface area contributed by atoms with Crippen LogP contribution in [0.3, 0.4) is 0 Å². The average molecular weight is 225 g/mol. The lowest BCUT2D eigenvalue weighted by Crippen LogP contribution is -2.00. The highest BCUT2D eigenvalue weighted by atomic mass is 35.5. The second-order valence-electron chi connectivity index (χ2n) is 2.68. The first kappa shape index (κ1) is 15.7. The lowest BCUT2D eigenvalue weighted by Gasteiger charge is -1.85. The van der Waals surface area contributed by atoms with Gasteiger partial charge < -0.3 is 10.2 Å². The summed E-state index contributed by atoms with van der Waals surface area (Å²) in [5, 5.41) is 15.8. The number of carboxylic acids is 2. The van der Waals surface area contributed by atoms with E-state index in [2.05, 4.69) is 6.92 Å².